The van der Waals surface area contributed by atoms with Gasteiger partial charge in [-0.2, -0.15) is 0 Å². The Labute approximate surface area is 162 Å². The summed E-state index contributed by atoms with van der Waals surface area (Å²) in [6.07, 6.45) is 5.77. The molecule has 0 saturated heterocycles. The number of carbonyl (C=O) groups excluding carboxylic acids is 1. The first-order chi connectivity index (χ1) is 13.1. The molecule has 1 amide bonds. The number of aliphatic carboxylic acids is 1. The molecule has 144 valence electrons. The number of carboxylic acids is 1. The van der Waals surface area contributed by atoms with Crippen LogP contribution >= 0.6 is 11.8 Å². The van der Waals surface area contributed by atoms with Crippen molar-refractivity contribution < 1.29 is 19.1 Å². The van der Waals surface area contributed by atoms with Gasteiger partial charge in [-0.05, 0) is 25.0 Å². The second-order valence-electron chi connectivity index (χ2n) is 6.93. The lowest BCUT2D eigenvalue weighted by atomic mass is 9.74. The average molecular weight is 388 g/mol. The summed E-state index contributed by atoms with van der Waals surface area (Å²) in [5.74, 6) is 0.456. The van der Waals surface area contributed by atoms with Crippen LogP contribution in [0.4, 0.5) is 0 Å². The van der Waals surface area contributed by atoms with Gasteiger partial charge in [-0.3, -0.25) is 9.59 Å². The van der Waals surface area contributed by atoms with Crippen molar-refractivity contribution in [2.45, 2.75) is 37.9 Å². The van der Waals surface area contributed by atoms with E-state index in [2.05, 4.69) is 10.3 Å². The van der Waals surface area contributed by atoms with Crippen LogP contribution < -0.4 is 5.32 Å². The van der Waals surface area contributed by atoms with Crippen molar-refractivity contribution in [1.82, 2.24) is 10.3 Å². The molecule has 0 radical (unpaired) electrons. The number of hydrogen-bond acceptors (Lipinski definition) is 5. The van der Waals surface area contributed by atoms with Crippen LogP contribution in [0.2, 0.25) is 0 Å². The lowest BCUT2D eigenvalue weighted by Crippen LogP contribution is -2.44. The molecule has 0 aliphatic heterocycles. The van der Waals surface area contributed by atoms with Crippen molar-refractivity contribution in [3.63, 3.8) is 0 Å². The number of rotatable bonds is 8. The number of carboxylic acid groups (broad SMARTS) is 1. The molecule has 3 rings (SSSR count). The molecule has 6 nitrogen and oxygen atoms in total. The molecule has 1 aromatic carbocycles. The summed E-state index contributed by atoms with van der Waals surface area (Å²) >= 11 is 1.43. The highest BCUT2D eigenvalue weighted by Crippen LogP contribution is 2.36. The largest absolute Gasteiger partial charge is 0.481 e. The third-order valence-electron chi connectivity index (χ3n) is 4.94. The number of aromatic nitrogens is 1. The van der Waals surface area contributed by atoms with Crippen LogP contribution in [-0.2, 0) is 15.3 Å². The minimum Gasteiger partial charge on any atom is -0.481 e. The summed E-state index contributed by atoms with van der Waals surface area (Å²) in [6.45, 7) is 0.212. The first-order valence-electron chi connectivity index (χ1n) is 9.17. The minimum atomic E-state index is -0.800. The first kappa shape index (κ1) is 19.5. The second kappa shape index (κ2) is 9.08. The second-order valence-corrected chi connectivity index (χ2v) is 7.91. The third kappa shape index (κ3) is 5.13. The Balaban J connectivity index is 1.43. The third-order valence-corrected chi connectivity index (χ3v) is 5.91. The van der Waals surface area contributed by atoms with Crippen LogP contribution in [0.25, 0.3) is 11.5 Å². The summed E-state index contributed by atoms with van der Waals surface area (Å²) < 4.78 is 5.48. The van der Waals surface area contributed by atoms with Gasteiger partial charge in [0.15, 0.2) is 0 Å². The number of benzene rings is 1. The van der Waals surface area contributed by atoms with E-state index in [1.165, 1.54) is 11.8 Å². The van der Waals surface area contributed by atoms with Crippen molar-refractivity contribution in [1.29, 1.82) is 0 Å². The van der Waals surface area contributed by atoms with Crippen molar-refractivity contribution in [3.05, 3.63) is 42.3 Å². The molecule has 0 atom stereocenters. The van der Waals surface area contributed by atoms with Gasteiger partial charge >= 0.3 is 5.97 Å². The van der Waals surface area contributed by atoms with Gasteiger partial charge in [0.05, 0.1) is 16.9 Å². The van der Waals surface area contributed by atoms with E-state index in [1.807, 2.05) is 30.3 Å². The number of thioether (sulfide) groups is 1. The highest BCUT2D eigenvalue weighted by Gasteiger charge is 2.39. The van der Waals surface area contributed by atoms with Gasteiger partial charge < -0.3 is 14.8 Å². The predicted molar refractivity (Wildman–Crippen MR) is 104 cm³/mol. The predicted octanol–water partition coefficient (Wildman–Crippen LogP) is 3.73. The fourth-order valence-corrected chi connectivity index (χ4v) is 4.08. The number of hydrogen-bond donors (Lipinski definition) is 2. The molecule has 1 aromatic heterocycles. The van der Waals surface area contributed by atoms with E-state index < -0.39 is 11.4 Å². The summed E-state index contributed by atoms with van der Waals surface area (Å²) in [4.78, 5) is 28.2. The number of carbonyl (C=O) groups is 2. The molecule has 7 heteroatoms. The summed E-state index contributed by atoms with van der Waals surface area (Å²) in [5.41, 5.74) is 0.897. The Morgan fingerprint density at radius 3 is 2.63 bits per heavy atom. The van der Waals surface area contributed by atoms with Gasteiger partial charge in [-0.25, -0.2) is 4.98 Å². The zero-order chi connectivity index (χ0) is 19.1. The van der Waals surface area contributed by atoms with Crippen molar-refractivity contribution in [2.75, 3.05) is 12.3 Å². The molecule has 1 aliphatic rings. The molecule has 2 aromatic rings. The van der Waals surface area contributed by atoms with Crippen LogP contribution in [0.3, 0.4) is 0 Å². The molecular formula is C20H24N2O4S. The Morgan fingerprint density at radius 1 is 1.19 bits per heavy atom. The maximum Gasteiger partial charge on any atom is 0.311 e. The number of nitrogens with one attached hydrogen (secondary N) is 1. The van der Waals surface area contributed by atoms with E-state index in [4.69, 9.17) is 4.42 Å². The fourth-order valence-electron chi connectivity index (χ4n) is 3.35. The van der Waals surface area contributed by atoms with Crippen molar-refractivity contribution in [2.24, 2.45) is 5.41 Å². The van der Waals surface area contributed by atoms with Gasteiger partial charge in [0.1, 0.15) is 6.26 Å². The lowest BCUT2D eigenvalue weighted by Gasteiger charge is -2.33. The van der Waals surface area contributed by atoms with Crippen molar-refractivity contribution in [3.8, 4) is 11.5 Å². The van der Waals surface area contributed by atoms with Crippen LogP contribution in [0.1, 0.15) is 37.8 Å². The lowest BCUT2D eigenvalue weighted by molar-refractivity contribution is -0.151. The molecule has 2 N–H and O–H groups in total. The van der Waals surface area contributed by atoms with E-state index in [-0.39, 0.29) is 18.2 Å². The van der Waals surface area contributed by atoms with Crippen LogP contribution in [-0.4, -0.2) is 34.3 Å². The molecule has 1 aliphatic carbocycles. The van der Waals surface area contributed by atoms with E-state index >= 15 is 0 Å². The SMILES string of the molecule is O=C(CSCc1coc(-c2ccccc2)n1)NCC1(C(=O)O)CCCCC1. The highest BCUT2D eigenvalue weighted by atomic mass is 32.2. The Morgan fingerprint density at radius 2 is 1.93 bits per heavy atom. The van der Waals surface area contributed by atoms with E-state index in [9.17, 15) is 14.7 Å². The molecule has 1 heterocycles. The van der Waals surface area contributed by atoms with Gasteiger partial charge in [0, 0.05) is 17.9 Å². The smallest absolute Gasteiger partial charge is 0.311 e. The maximum absolute atomic E-state index is 12.1. The Hall–Kier alpha value is -2.28. The van der Waals surface area contributed by atoms with Gasteiger partial charge in [0.25, 0.3) is 0 Å². The molecule has 0 bridgehead atoms. The van der Waals surface area contributed by atoms with E-state index in [0.29, 0.717) is 24.5 Å². The van der Waals surface area contributed by atoms with E-state index in [1.54, 1.807) is 6.26 Å². The molecule has 0 spiro atoms. The molecular weight excluding hydrogens is 364 g/mol. The van der Waals surface area contributed by atoms with Crippen LogP contribution in [0, 0.1) is 5.41 Å². The molecule has 1 fully saturated rings. The zero-order valence-corrected chi connectivity index (χ0v) is 16.0. The maximum atomic E-state index is 12.1. The summed E-state index contributed by atoms with van der Waals surface area (Å²) in [7, 11) is 0. The Bertz CT molecular complexity index is 769. The normalized spacial score (nSPS) is 16.0. The first-order valence-corrected chi connectivity index (χ1v) is 10.3. The van der Waals surface area contributed by atoms with Gasteiger partial charge in [0.2, 0.25) is 11.8 Å². The standard InChI is InChI=1S/C20H24N2O4S/c23-17(21-14-20(19(24)25)9-5-2-6-10-20)13-27-12-16-11-26-18(22-16)15-7-3-1-4-8-15/h1,3-4,7-8,11H,2,5-6,9-10,12-14H2,(H,21,23)(H,24,25). The van der Waals surface area contributed by atoms with E-state index in [0.717, 1.165) is 30.5 Å². The zero-order valence-electron chi connectivity index (χ0n) is 15.1. The number of amides is 1. The van der Waals surface area contributed by atoms with Crippen LogP contribution in [0.5, 0.6) is 0 Å². The number of oxazole rings is 1. The van der Waals surface area contributed by atoms with Gasteiger partial charge in [-0.1, -0.05) is 37.5 Å². The molecule has 1 saturated carbocycles. The summed E-state index contributed by atoms with van der Waals surface area (Å²) in [5, 5.41) is 12.4. The molecule has 27 heavy (non-hydrogen) atoms. The Kier molecular flexibility index (Phi) is 6.55. The topological polar surface area (TPSA) is 92.4 Å². The quantitative estimate of drug-likeness (QED) is 0.716. The highest BCUT2D eigenvalue weighted by molar-refractivity contribution is 7.99. The van der Waals surface area contributed by atoms with Gasteiger partial charge in [-0.15, -0.1) is 11.8 Å². The summed E-state index contributed by atoms with van der Waals surface area (Å²) in [6, 6.07) is 9.64. The number of nitrogens with zero attached hydrogens (tertiary/aromatic N) is 1. The monoisotopic (exact) mass is 388 g/mol. The minimum absolute atomic E-state index is 0.141. The molecule has 0 unspecified atom stereocenters. The van der Waals surface area contributed by atoms with Crippen LogP contribution in [0.15, 0.2) is 41.0 Å². The fraction of sp³-hybridized carbons (Fsp3) is 0.450. The van der Waals surface area contributed by atoms with Crippen molar-refractivity contribution >= 4 is 23.6 Å². The average Bonchev–Trinajstić information content (AvgIpc) is 3.17.